The van der Waals surface area contributed by atoms with Gasteiger partial charge in [-0.1, -0.05) is 67.9 Å². The molecule has 0 unspecified atom stereocenters. The standard InChI is InChI=1S/C13H15Br2F3S/c1-10-4-2-3-5-11(10)12(8-14,9-15)6-7-19-13(16,17)18/h2-5H,6-9H2,1H3. The minimum atomic E-state index is -4.16. The number of alkyl halides is 5. The van der Waals surface area contributed by atoms with Gasteiger partial charge < -0.3 is 0 Å². The fourth-order valence-corrected chi connectivity index (χ4v) is 4.80. The van der Waals surface area contributed by atoms with Crippen LogP contribution in [0.3, 0.4) is 0 Å². The van der Waals surface area contributed by atoms with Crippen LogP contribution < -0.4 is 0 Å². The normalized spacial score (nSPS) is 12.7. The quantitative estimate of drug-likeness (QED) is 0.535. The maximum absolute atomic E-state index is 12.3. The van der Waals surface area contributed by atoms with E-state index in [0.717, 1.165) is 11.1 Å². The van der Waals surface area contributed by atoms with E-state index in [4.69, 9.17) is 0 Å². The summed E-state index contributed by atoms with van der Waals surface area (Å²) in [5, 5.41) is 1.27. The Labute approximate surface area is 132 Å². The first-order valence-electron chi connectivity index (χ1n) is 5.73. The first-order valence-corrected chi connectivity index (χ1v) is 8.96. The lowest BCUT2D eigenvalue weighted by Crippen LogP contribution is -2.32. The highest BCUT2D eigenvalue weighted by Crippen LogP contribution is 2.38. The van der Waals surface area contributed by atoms with Crippen molar-refractivity contribution in [1.82, 2.24) is 0 Å². The van der Waals surface area contributed by atoms with Crippen LogP contribution in [0, 0.1) is 6.92 Å². The largest absolute Gasteiger partial charge is 0.441 e. The van der Waals surface area contributed by atoms with E-state index in [1.54, 1.807) is 0 Å². The molecule has 0 aliphatic heterocycles. The van der Waals surface area contributed by atoms with Gasteiger partial charge in [-0.15, -0.1) is 0 Å². The van der Waals surface area contributed by atoms with Crippen molar-refractivity contribution in [1.29, 1.82) is 0 Å². The van der Waals surface area contributed by atoms with Gasteiger partial charge in [0.25, 0.3) is 0 Å². The average molecular weight is 420 g/mol. The molecule has 0 aliphatic rings. The topological polar surface area (TPSA) is 0 Å². The van der Waals surface area contributed by atoms with Crippen LogP contribution in [0.1, 0.15) is 17.5 Å². The van der Waals surface area contributed by atoms with Crippen LogP contribution in [0.15, 0.2) is 24.3 Å². The molecule has 0 N–H and O–H groups in total. The van der Waals surface area contributed by atoms with Gasteiger partial charge in [0.1, 0.15) is 0 Å². The molecule has 0 amide bonds. The highest BCUT2D eigenvalue weighted by Gasteiger charge is 2.34. The molecule has 1 aromatic rings. The van der Waals surface area contributed by atoms with E-state index in [0.29, 0.717) is 17.1 Å². The summed E-state index contributed by atoms with van der Waals surface area (Å²) in [5.74, 6) is 0.0645. The van der Waals surface area contributed by atoms with Crippen LogP contribution in [-0.4, -0.2) is 21.9 Å². The molecule has 0 spiro atoms. The third-order valence-corrected chi connectivity index (χ3v) is 5.96. The maximum atomic E-state index is 12.3. The minimum Gasteiger partial charge on any atom is -0.160 e. The number of hydrogen-bond acceptors (Lipinski definition) is 1. The number of thioether (sulfide) groups is 1. The van der Waals surface area contributed by atoms with Gasteiger partial charge in [0.2, 0.25) is 0 Å². The fraction of sp³-hybridized carbons (Fsp3) is 0.538. The summed E-state index contributed by atoms with van der Waals surface area (Å²) in [4.78, 5) is 0. The molecule has 0 aliphatic carbocycles. The first kappa shape index (κ1) is 17.4. The van der Waals surface area contributed by atoms with Gasteiger partial charge in [-0.25, -0.2) is 0 Å². The van der Waals surface area contributed by atoms with E-state index in [1.807, 2.05) is 31.2 Å². The molecule has 0 heterocycles. The van der Waals surface area contributed by atoms with Crippen molar-refractivity contribution < 1.29 is 13.2 Å². The van der Waals surface area contributed by atoms with Crippen molar-refractivity contribution in [2.24, 2.45) is 0 Å². The molecule has 6 heteroatoms. The van der Waals surface area contributed by atoms with Crippen molar-refractivity contribution in [2.75, 3.05) is 16.4 Å². The molecule has 0 atom stereocenters. The van der Waals surface area contributed by atoms with Gasteiger partial charge in [-0.3, -0.25) is 0 Å². The highest BCUT2D eigenvalue weighted by atomic mass is 79.9. The Morgan fingerprint density at radius 3 is 2.16 bits per heavy atom. The number of rotatable bonds is 6. The molecule has 0 fully saturated rings. The van der Waals surface area contributed by atoms with E-state index in [2.05, 4.69) is 31.9 Å². The van der Waals surface area contributed by atoms with Crippen molar-refractivity contribution >= 4 is 43.6 Å². The van der Waals surface area contributed by atoms with Crippen molar-refractivity contribution in [3.05, 3.63) is 35.4 Å². The van der Waals surface area contributed by atoms with Gasteiger partial charge in [-0.2, -0.15) is 13.2 Å². The van der Waals surface area contributed by atoms with Crippen LogP contribution >= 0.6 is 43.6 Å². The number of halogens is 5. The van der Waals surface area contributed by atoms with E-state index >= 15 is 0 Å². The van der Waals surface area contributed by atoms with E-state index in [1.165, 1.54) is 0 Å². The summed E-state index contributed by atoms with van der Waals surface area (Å²) in [6.45, 7) is 1.99. The zero-order chi connectivity index (χ0) is 14.5. The first-order chi connectivity index (χ1) is 8.84. The number of aryl methyl sites for hydroxylation is 1. The van der Waals surface area contributed by atoms with Crippen molar-refractivity contribution in [2.45, 2.75) is 24.3 Å². The summed E-state index contributed by atoms with van der Waals surface area (Å²) in [6.07, 6.45) is 0.471. The monoisotopic (exact) mass is 418 g/mol. The Bertz CT molecular complexity index is 403. The Morgan fingerprint density at radius 2 is 1.68 bits per heavy atom. The summed E-state index contributed by atoms with van der Waals surface area (Å²) < 4.78 is 36.8. The molecule has 0 saturated heterocycles. The predicted molar refractivity (Wildman–Crippen MR) is 83.6 cm³/mol. The minimum absolute atomic E-state index is 0.0500. The van der Waals surface area contributed by atoms with Crippen LogP contribution in [0.4, 0.5) is 13.2 Å². The number of benzene rings is 1. The second-order valence-electron chi connectivity index (χ2n) is 4.41. The molecular formula is C13H15Br2F3S. The Balaban J connectivity index is 2.89. The maximum Gasteiger partial charge on any atom is 0.441 e. The zero-order valence-corrected chi connectivity index (χ0v) is 14.4. The van der Waals surface area contributed by atoms with Crippen molar-refractivity contribution in [3.8, 4) is 0 Å². The lowest BCUT2D eigenvalue weighted by Gasteiger charge is -2.32. The van der Waals surface area contributed by atoms with E-state index in [9.17, 15) is 13.2 Å². The molecule has 0 bridgehead atoms. The molecule has 108 valence electrons. The smallest absolute Gasteiger partial charge is 0.160 e. The van der Waals surface area contributed by atoms with Crippen LogP contribution in [0.25, 0.3) is 0 Å². The van der Waals surface area contributed by atoms with E-state index in [-0.39, 0.29) is 22.9 Å². The molecule has 0 nitrogen and oxygen atoms in total. The van der Waals surface area contributed by atoms with Gasteiger partial charge in [-0.05, 0) is 24.5 Å². The second-order valence-corrected chi connectivity index (χ2v) is 6.69. The van der Waals surface area contributed by atoms with Gasteiger partial charge in [0.05, 0.1) is 0 Å². The zero-order valence-electron chi connectivity index (χ0n) is 10.4. The molecule has 0 aromatic heterocycles. The third-order valence-electron chi connectivity index (χ3n) is 3.07. The Morgan fingerprint density at radius 1 is 1.11 bits per heavy atom. The SMILES string of the molecule is Cc1ccccc1C(CBr)(CBr)CCSC(F)(F)F. The summed E-state index contributed by atoms with van der Waals surface area (Å²) in [6, 6.07) is 7.86. The van der Waals surface area contributed by atoms with Gasteiger partial charge in [0.15, 0.2) is 0 Å². The van der Waals surface area contributed by atoms with Crippen LogP contribution in [-0.2, 0) is 5.41 Å². The second kappa shape index (κ2) is 7.36. The Kier molecular flexibility index (Phi) is 6.73. The Hall–Kier alpha value is 0.320. The summed E-state index contributed by atoms with van der Waals surface area (Å²) in [7, 11) is 0. The van der Waals surface area contributed by atoms with Crippen LogP contribution in [0.5, 0.6) is 0 Å². The van der Waals surface area contributed by atoms with E-state index < -0.39 is 5.51 Å². The molecule has 1 rings (SSSR count). The molecule has 0 saturated carbocycles. The summed E-state index contributed by atoms with van der Waals surface area (Å²) in [5.41, 5.74) is -2.25. The average Bonchev–Trinajstić information content (AvgIpc) is 2.35. The molecule has 0 radical (unpaired) electrons. The molecule has 19 heavy (non-hydrogen) atoms. The van der Waals surface area contributed by atoms with Gasteiger partial charge in [0, 0.05) is 21.8 Å². The highest BCUT2D eigenvalue weighted by molar-refractivity contribution is 9.09. The lowest BCUT2D eigenvalue weighted by molar-refractivity contribution is -0.0328. The van der Waals surface area contributed by atoms with Gasteiger partial charge >= 0.3 is 5.51 Å². The van der Waals surface area contributed by atoms with Crippen molar-refractivity contribution in [3.63, 3.8) is 0 Å². The summed E-state index contributed by atoms with van der Waals surface area (Å²) >= 11 is 6.98. The predicted octanol–water partition coefficient (Wildman–Crippen LogP) is 5.67. The van der Waals surface area contributed by atoms with Crippen LogP contribution in [0.2, 0.25) is 0 Å². The lowest BCUT2D eigenvalue weighted by atomic mass is 9.80. The molecular weight excluding hydrogens is 405 g/mol. The fourth-order valence-electron chi connectivity index (χ4n) is 1.98. The molecule has 1 aromatic carbocycles. The third kappa shape index (κ3) is 4.97. The number of hydrogen-bond donors (Lipinski definition) is 0.